The van der Waals surface area contributed by atoms with Crippen molar-refractivity contribution in [1.82, 2.24) is 4.90 Å². The molecule has 2 rings (SSSR count). The van der Waals surface area contributed by atoms with Crippen LogP contribution in [0.1, 0.15) is 5.56 Å². The van der Waals surface area contributed by atoms with Crippen LogP contribution in [-0.4, -0.2) is 40.4 Å². The van der Waals surface area contributed by atoms with E-state index in [1.54, 1.807) is 0 Å². The van der Waals surface area contributed by atoms with Crippen LogP contribution in [0.5, 0.6) is 0 Å². The molecule has 82 valence electrons. The van der Waals surface area contributed by atoms with Crippen LogP contribution in [0.3, 0.4) is 0 Å². The summed E-state index contributed by atoms with van der Waals surface area (Å²) < 4.78 is 0. The van der Waals surface area contributed by atoms with Gasteiger partial charge in [0.05, 0.1) is 12.2 Å². The maximum absolute atomic E-state index is 9.39. The minimum atomic E-state index is -0.632. The molecule has 0 aliphatic carbocycles. The molecule has 1 heterocycles. The summed E-state index contributed by atoms with van der Waals surface area (Å²) in [6.07, 6.45) is -1.26. The molecule has 3 nitrogen and oxygen atoms in total. The van der Waals surface area contributed by atoms with Crippen LogP contribution < -0.4 is 0 Å². The molecule has 0 bridgehead atoms. The molecule has 1 aliphatic heterocycles. The summed E-state index contributed by atoms with van der Waals surface area (Å²) in [6.45, 7) is 1.69. The molecule has 2 unspecified atom stereocenters. The molecule has 0 radical (unpaired) electrons. The number of β-amino-alcohol motifs (C(OH)–C–C–N with tert-alkyl or cyclic N) is 2. The lowest BCUT2D eigenvalue weighted by Gasteiger charge is -2.15. The summed E-state index contributed by atoms with van der Waals surface area (Å²) in [7, 11) is 0. The molecule has 15 heavy (non-hydrogen) atoms. The molecule has 4 heteroatoms. The molecule has 0 spiro atoms. The fourth-order valence-electron chi connectivity index (χ4n) is 1.84. The van der Waals surface area contributed by atoms with Crippen LogP contribution in [0.2, 0.25) is 5.02 Å². The molecule has 2 N–H and O–H groups in total. The number of halogens is 1. The third-order valence-corrected chi connectivity index (χ3v) is 3.06. The lowest BCUT2D eigenvalue weighted by atomic mass is 10.2. The van der Waals surface area contributed by atoms with Gasteiger partial charge < -0.3 is 10.2 Å². The Morgan fingerprint density at radius 2 is 1.80 bits per heavy atom. The first kappa shape index (κ1) is 10.9. The minimum Gasteiger partial charge on any atom is -0.389 e. The number of benzene rings is 1. The Morgan fingerprint density at radius 1 is 1.20 bits per heavy atom. The van der Waals surface area contributed by atoms with E-state index in [1.165, 1.54) is 0 Å². The van der Waals surface area contributed by atoms with Gasteiger partial charge in [0.25, 0.3) is 0 Å². The van der Waals surface area contributed by atoms with Crippen molar-refractivity contribution in [3.63, 3.8) is 0 Å². The number of hydrogen-bond donors (Lipinski definition) is 2. The van der Waals surface area contributed by atoms with Gasteiger partial charge in [0.2, 0.25) is 0 Å². The van der Waals surface area contributed by atoms with Crippen molar-refractivity contribution < 1.29 is 10.2 Å². The van der Waals surface area contributed by atoms with Gasteiger partial charge >= 0.3 is 0 Å². The van der Waals surface area contributed by atoms with Crippen molar-refractivity contribution in [1.29, 1.82) is 0 Å². The second kappa shape index (κ2) is 4.49. The summed E-state index contributed by atoms with van der Waals surface area (Å²) in [6, 6.07) is 7.63. The molecule has 0 saturated carbocycles. The maximum Gasteiger partial charge on any atom is 0.0938 e. The van der Waals surface area contributed by atoms with Gasteiger partial charge in [-0.3, -0.25) is 4.90 Å². The molecule has 1 aliphatic rings. The third kappa shape index (κ3) is 2.49. The molecule has 1 aromatic rings. The van der Waals surface area contributed by atoms with E-state index in [2.05, 4.69) is 0 Å². The Labute approximate surface area is 93.9 Å². The maximum atomic E-state index is 9.39. The highest BCUT2D eigenvalue weighted by atomic mass is 35.5. The Bertz CT molecular complexity index is 335. The largest absolute Gasteiger partial charge is 0.389 e. The van der Waals surface area contributed by atoms with E-state index in [4.69, 9.17) is 11.6 Å². The molecule has 2 atom stereocenters. The SMILES string of the molecule is OC1CN(Cc2ccccc2Cl)CC1O. The van der Waals surface area contributed by atoms with Crippen molar-refractivity contribution in [2.45, 2.75) is 18.8 Å². The predicted molar refractivity (Wildman–Crippen MR) is 58.7 cm³/mol. The lowest BCUT2D eigenvalue weighted by Crippen LogP contribution is -2.22. The first-order valence-corrected chi connectivity index (χ1v) is 5.36. The monoisotopic (exact) mass is 227 g/mol. The van der Waals surface area contributed by atoms with Gasteiger partial charge in [-0.15, -0.1) is 0 Å². The Morgan fingerprint density at radius 3 is 2.40 bits per heavy atom. The molecule has 1 fully saturated rings. The molecule has 1 aromatic carbocycles. The topological polar surface area (TPSA) is 43.7 Å². The van der Waals surface area contributed by atoms with Gasteiger partial charge in [-0.05, 0) is 11.6 Å². The van der Waals surface area contributed by atoms with Crippen LogP contribution in [0.4, 0.5) is 0 Å². The minimum absolute atomic E-state index is 0.506. The first-order chi connectivity index (χ1) is 7.16. The first-order valence-electron chi connectivity index (χ1n) is 4.98. The van der Waals surface area contributed by atoms with Crippen LogP contribution in [0.15, 0.2) is 24.3 Å². The Hall–Kier alpha value is -0.610. The summed E-state index contributed by atoms with van der Waals surface area (Å²) >= 11 is 6.02. The fourth-order valence-corrected chi connectivity index (χ4v) is 2.04. The van der Waals surface area contributed by atoms with E-state index in [-0.39, 0.29) is 0 Å². The van der Waals surface area contributed by atoms with E-state index < -0.39 is 12.2 Å². The van der Waals surface area contributed by atoms with Crippen molar-refractivity contribution in [3.05, 3.63) is 34.9 Å². The number of nitrogens with zero attached hydrogens (tertiary/aromatic N) is 1. The van der Waals surface area contributed by atoms with Crippen molar-refractivity contribution in [2.75, 3.05) is 13.1 Å². The zero-order valence-corrected chi connectivity index (χ0v) is 9.06. The summed E-state index contributed by atoms with van der Waals surface area (Å²) in [5.74, 6) is 0. The number of rotatable bonds is 2. The summed E-state index contributed by atoms with van der Waals surface area (Å²) in [5.41, 5.74) is 1.03. The standard InChI is InChI=1S/C11H14ClNO2/c12-9-4-2-1-3-8(9)5-13-6-10(14)11(15)7-13/h1-4,10-11,14-15H,5-7H2. The van der Waals surface area contributed by atoms with E-state index in [1.807, 2.05) is 29.2 Å². The zero-order chi connectivity index (χ0) is 10.8. The molecular formula is C11H14ClNO2. The Balaban J connectivity index is 2.01. The van der Waals surface area contributed by atoms with E-state index in [0.29, 0.717) is 19.6 Å². The predicted octanol–water partition coefficient (Wildman–Crippen LogP) is 0.877. The third-order valence-electron chi connectivity index (χ3n) is 2.69. The quantitative estimate of drug-likeness (QED) is 0.788. The summed E-state index contributed by atoms with van der Waals surface area (Å²) in [5, 5.41) is 19.5. The second-order valence-corrected chi connectivity index (χ2v) is 4.33. The van der Waals surface area contributed by atoms with Crippen molar-refractivity contribution in [3.8, 4) is 0 Å². The average Bonchev–Trinajstić information content (AvgIpc) is 2.50. The van der Waals surface area contributed by atoms with Gasteiger partial charge in [0.1, 0.15) is 0 Å². The van der Waals surface area contributed by atoms with Gasteiger partial charge in [0.15, 0.2) is 0 Å². The van der Waals surface area contributed by atoms with Crippen molar-refractivity contribution in [2.24, 2.45) is 0 Å². The average molecular weight is 228 g/mol. The van der Waals surface area contributed by atoms with E-state index in [9.17, 15) is 10.2 Å². The second-order valence-electron chi connectivity index (χ2n) is 3.92. The number of hydrogen-bond acceptors (Lipinski definition) is 3. The molecular weight excluding hydrogens is 214 g/mol. The zero-order valence-electron chi connectivity index (χ0n) is 8.31. The lowest BCUT2D eigenvalue weighted by molar-refractivity contribution is 0.0572. The van der Waals surface area contributed by atoms with E-state index >= 15 is 0 Å². The van der Waals surface area contributed by atoms with Crippen molar-refractivity contribution >= 4 is 11.6 Å². The fraction of sp³-hybridized carbons (Fsp3) is 0.455. The number of aliphatic hydroxyl groups is 2. The number of aliphatic hydroxyl groups excluding tert-OH is 2. The van der Waals surface area contributed by atoms with Crippen LogP contribution in [0, 0.1) is 0 Å². The van der Waals surface area contributed by atoms with Crippen LogP contribution in [-0.2, 0) is 6.54 Å². The van der Waals surface area contributed by atoms with Gasteiger partial charge in [-0.25, -0.2) is 0 Å². The Kier molecular flexibility index (Phi) is 3.26. The van der Waals surface area contributed by atoms with Crippen LogP contribution in [0.25, 0.3) is 0 Å². The molecule has 0 amide bonds. The summed E-state index contributed by atoms with van der Waals surface area (Å²) in [4.78, 5) is 2.00. The molecule has 1 saturated heterocycles. The smallest absolute Gasteiger partial charge is 0.0938 e. The van der Waals surface area contributed by atoms with E-state index in [0.717, 1.165) is 10.6 Å². The highest BCUT2D eigenvalue weighted by Gasteiger charge is 2.29. The van der Waals surface area contributed by atoms with Gasteiger partial charge in [-0.1, -0.05) is 29.8 Å². The highest BCUT2D eigenvalue weighted by Crippen LogP contribution is 2.19. The molecule has 0 aromatic heterocycles. The highest BCUT2D eigenvalue weighted by molar-refractivity contribution is 6.31. The van der Waals surface area contributed by atoms with Gasteiger partial charge in [0, 0.05) is 24.7 Å². The van der Waals surface area contributed by atoms with Gasteiger partial charge in [-0.2, -0.15) is 0 Å². The van der Waals surface area contributed by atoms with Crippen LogP contribution >= 0.6 is 11.6 Å². The number of likely N-dealkylation sites (tertiary alicyclic amines) is 1. The normalized spacial score (nSPS) is 27.1.